The highest BCUT2D eigenvalue weighted by Crippen LogP contribution is 2.31. The van der Waals surface area contributed by atoms with Crippen molar-refractivity contribution >= 4 is 0 Å². The van der Waals surface area contributed by atoms with Crippen LogP contribution in [0, 0.1) is 11.7 Å². The molecular weight excluding hydrogens is 223 g/mol. The Labute approximate surface area is 101 Å². The highest BCUT2D eigenvalue weighted by molar-refractivity contribution is 5.36. The molecule has 3 nitrogen and oxygen atoms in total. The lowest BCUT2D eigenvalue weighted by molar-refractivity contribution is -0.0400. The molecule has 1 aromatic rings. The molecule has 0 aliphatic rings. The smallest absolute Gasteiger partial charge is 0.124 e. The van der Waals surface area contributed by atoms with Gasteiger partial charge in [0.05, 0.1) is 13.2 Å². The van der Waals surface area contributed by atoms with E-state index in [1.807, 2.05) is 13.8 Å². The molecule has 2 atom stereocenters. The van der Waals surface area contributed by atoms with Crippen LogP contribution in [0.25, 0.3) is 0 Å². The van der Waals surface area contributed by atoms with Gasteiger partial charge in [0.1, 0.15) is 17.7 Å². The molecule has 1 rings (SSSR count). The molecule has 1 aromatic carbocycles. The van der Waals surface area contributed by atoms with E-state index >= 15 is 0 Å². The molecule has 2 unspecified atom stereocenters. The number of rotatable bonds is 5. The van der Waals surface area contributed by atoms with Crippen LogP contribution in [0.3, 0.4) is 0 Å². The van der Waals surface area contributed by atoms with Crippen LogP contribution in [0.5, 0.6) is 5.75 Å². The molecule has 0 heterocycles. The third kappa shape index (κ3) is 3.17. The molecule has 0 saturated carbocycles. The van der Waals surface area contributed by atoms with E-state index in [1.54, 1.807) is 0 Å². The molecule has 0 spiro atoms. The van der Waals surface area contributed by atoms with E-state index in [0.717, 1.165) is 0 Å². The first-order valence-corrected chi connectivity index (χ1v) is 5.55. The first kappa shape index (κ1) is 13.9. The van der Waals surface area contributed by atoms with Crippen molar-refractivity contribution in [1.29, 1.82) is 0 Å². The van der Waals surface area contributed by atoms with Crippen LogP contribution in [-0.4, -0.2) is 25.4 Å². The molecule has 0 bridgehead atoms. The quantitative estimate of drug-likeness (QED) is 0.862. The Morgan fingerprint density at radius 3 is 2.35 bits per heavy atom. The highest BCUT2D eigenvalue weighted by Gasteiger charge is 2.26. The Balaban J connectivity index is 3.08. The van der Waals surface area contributed by atoms with Gasteiger partial charge in [0, 0.05) is 12.7 Å². The highest BCUT2D eigenvalue weighted by atomic mass is 19.1. The maximum Gasteiger partial charge on any atom is 0.124 e. The summed E-state index contributed by atoms with van der Waals surface area (Å²) in [5.74, 6) is 0.169. The summed E-state index contributed by atoms with van der Waals surface area (Å²) in [6.07, 6.45) is -1.31. The van der Waals surface area contributed by atoms with Gasteiger partial charge in [0.2, 0.25) is 0 Å². The van der Waals surface area contributed by atoms with Crippen molar-refractivity contribution in [3.63, 3.8) is 0 Å². The number of methoxy groups -OCH3 is 2. The monoisotopic (exact) mass is 242 g/mol. The summed E-state index contributed by atoms with van der Waals surface area (Å²) >= 11 is 0. The van der Waals surface area contributed by atoms with Gasteiger partial charge < -0.3 is 14.6 Å². The maximum absolute atomic E-state index is 13.2. The number of aliphatic hydroxyl groups excluding tert-OH is 1. The van der Waals surface area contributed by atoms with E-state index in [9.17, 15) is 9.50 Å². The van der Waals surface area contributed by atoms with Gasteiger partial charge in [-0.3, -0.25) is 0 Å². The van der Waals surface area contributed by atoms with Gasteiger partial charge in [0.15, 0.2) is 0 Å². The summed E-state index contributed by atoms with van der Waals surface area (Å²) in [6, 6.07) is 4.07. The van der Waals surface area contributed by atoms with Gasteiger partial charge in [-0.05, 0) is 24.1 Å². The van der Waals surface area contributed by atoms with Gasteiger partial charge in [-0.15, -0.1) is 0 Å². The first-order chi connectivity index (χ1) is 8.01. The molecule has 0 aliphatic carbocycles. The lowest BCUT2D eigenvalue weighted by Gasteiger charge is -2.26. The Morgan fingerprint density at radius 1 is 1.24 bits per heavy atom. The summed E-state index contributed by atoms with van der Waals surface area (Å²) in [5, 5.41) is 10.2. The second kappa shape index (κ2) is 5.98. The molecule has 0 fully saturated rings. The predicted octanol–water partition coefficient (Wildman–Crippen LogP) is 2.54. The Kier molecular flexibility index (Phi) is 4.90. The van der Waals surface area contributed by atoms with Gasteiger partial charge in [-0.2, -0.15) is 0 Å². The SMILES string of the molecule is COc1ccc(F)cc1C(O)C(OC)C(C)C. The molecule has 0 radical (unpaired) electrons. The number of benzene rings is 1. The lowest BCUT2D eigenvalue weighted by Crippen LogP contribution is -2.26. The van der Waals surface area contributed by atoms with E-state index in [4.69, 9.17) is 9.47 Å². The number of ether oxygens (including phenoxy) is 2. The van der Waals surface area contributed by atoms with Crippen LogP contribution in [-0.2, 0) is 4.74 Å². The van der Waals surface area contributed by atoms with E-state index in [2.05, 4.69) is 0 Å². The number of aliphatic hydroxyl groups is 1. The fourth-order valence-corrected chi connectivity index (χ4v) is 1.88. The van der Waals surface area contributed by atoms with Crippen LogP contribution < -0.4 is 4.74 Å². The number of hydrogen-bond acceptors (Lipinski definition) is 3. The minimum Gasteiger partial charge on any atom is -0.496 e. The summed E-state index contributed by atoms with van der Waals surface area (Å²) < 4.78 is 23.6. The van der Waals surface area contributed by atoms with E-state index in [1.165, 1.54) is 32.4 Å². The normalized spacial score (nSPS) is 14.8. The molecule has 0 saturated heterocycles. The average molecular weight is 242 g/mol. The summed E-state index contributed by atoms with van der Waals surface area (Å²) in [7, 11) is 3.01. The van der Waals surface area contributed by atoms with Crippen molar-refractivity contribution in [2.24, 2.45) is 5.92 Å². The number of halogens is 1. The van der Waals surface area contributed by atoms with Crippen LogP contribution >= 0.6 is 0 Å². The molecule has 0 aromatic heterocycles. The van der Waals surface area contributed by atoms with Crippen molar-refractivity contribution < 1.29 is 19.0 Å². The minimum absolute atomic E-state index is 0.114. The molecule has 0 aliphatic heterocycles. The third-order valence-corrected chi connectivity index (χ3v) is 2.75. The fourth-order valence-electron chi connectivity index (χ4n) is 1.88. The van der Waals surface area contributed by atoms with Gasteiger partial charge in [-0.25, -0.2) is 4.39 Å². The maximum atomic E-state index is 13.2. The lowest BCUT2D eigenvalue weighted by atomic mass is 9.95. The van der Waals surface area contributed by atoms with Crippen LogP contribution in [0.4, 0.5) is 4.39 Å². The minimum atomic E-state index is -0.911. The van der Waals surface area contributed by atoms with Crippen LogP contribution in [0.15, 0.2) is 18.2 Å². The largest absolute Gasteiger partial charge is 0.496 e. The summed E-state index contributed by atoms with van der Waals surface area (Å²) in [6.45, 7) is 3.87. The topological polar surface area (TPSA) is 38.7 Å². The Hall–Kier alpha value is -1.13. The van der Waals surface area contributed by atoms with Gasteiger partial charge in [0.25, 0.3) is 0 Å². The molecule has 17 heavy (non-hydrogen) atoms. The molecule has 1 N–H and O–H groups in total. The van der Waals surface area contributed by atoms with Gasteiger partial charge in [-0.1, -0.05) is 13.8 Å². The standard InChI is InChI=1S/C13H19FO3/c1-8(2)13(17-4)12(15)10-7-9(14)5-6-11(10)16-3/h5-8,12-13,15H,1-4H3. The van der Waals surface area contributed by atoms with Crippen molar-refractivity contribution in [1.82, 2.24) is 0 Å². The average Bonchev–Trinajstić information content (AvgIpc) is 2.29. The van der Waals surface area contributed by atoms with Gasteiger partial charge >= 0.3 is 0 Å². The molecule has 0 amide bonds. The molecular formula is C13H19FO3. The van der Waals surface area contributed by atoms with Crippen molar-refractivity contribution in [2.45, 2.75) is 26.1 Å². The van der Waals surface area contributed by atoms with Crippen molar-refractivity contribution in [3.05, 3.63) is 29.6 Å². The fraction of sp³-hybridized carbons (Fsp3) is 0.538. The third-order valence-electron chi connectivity index (χ3n) is 2.75. The second-order valence-electron chi connectivity index (χ2n) is 4.28. The van der Waals surface area contributed by atoms with E-state index < -0.39 is 18.0 Å². The zero-order chi connectivity index (χ0) is 13.0. The Morgan fingerprint density at radius 2 is 1.88 bits per heavy atom. The number of hydrogen-bond donors (Lipinski definition) is 1. The summed E-state index contributed by atoms with van der Waals surface area (Å²) in [5.41, 5.74) is 0.410. The zero-order valence-electron chi connectivity index (χ0n) is 10.6. The first-order valence-electron chi connectivity index (χ1n) is 5.55. The molecule has 96 valence electrons. The zero-order valence-corrected chi connectivity index (χ0v) is 10.6. The van der Waals surface area contributed by atoms with Crippen LogP contribution in [0.1, 0.15) is 25.5 Å². The second-order valence-corrected chi connectivity index (χ2v) is 4.28. The van der Waals surface area contributed by atoms with Crippen molar-refractivity contribution in [3.8, 4) is 5.75 Å². The van der Waals surface area contributed by atoms with E-state index in [0.29, 0.717) is 11.3 Å². The summed E-state index contributed by atoms with van der Waals surface area (Å²) in [4.78, 5) is 0. The van der Waals surface area contributed by atoms with Crippen molar-refractivity contribution in [2.75, 3.05) is 14.2 Å². The van der Waals surface area contributed by atoms with E-state index in [-0.39, 0.29) is 5.92 Å². The molecule has 4 heteroatoms. The Bertz CT molecular complexity index is 366. The van der Waals surface area contributed by atoms with Crippen LogP contribution in [0.2, 0.25) is 0 Å². The predicted molar refractivity (Wildman–Crippen MR) is 63.5 cm³/mol.